The molecule has 0 heterocycles. The van der Waals surface area contributed by atoms with Gasteiger partial charge in [0.1, 0.15) is 0 Å². The van der Waals surface area contributed by atoms with Gasteiger partial charge in [0, 0.05) is 9.80 Å². The predicted molar refractivity (Wildman–Crippen MR) is 66.2 cm³/mol. The molecule has 0 amide bonds. The molecule has 0 saturated heterocycles. The van der Waals surface area contributed by atoms with E-state index in [1.807, 2.05) is 6.07 Å². The third kappa shape index (κ3) is 3.65. The SMILES string of the molecule is CCC(=Cc1cccc(Br)c1)CBr. The molecule has 0 aromatic heterocycles. The zero-order valence-corrected chi connectivity index (χ0v) is 10.7. The van der Waals surface area contributed by atoms with E-state index >= 15 is 0 Å². The maximum absolute atomic E-state index is 3.47. The standard InChI is InChI=1S/C11H12Br2/c1-2-9(8-12)6-10-4-3-5-11(13)7-10/h3-7H,2,8H2,1H3. The molecule has 0 N–H and O–H groups in total. The van der Waals surface area contributed by atoms with Crippen molar-refractivity contribution >= 4 is 37.9 Å². The third-order valence-corrected chi connectivity index (χ3v) is 3.06. The number of rotatable bonds is 3. The Morgan fingerprint density at radius 1 is 1.46 bits per heavy atom. The number of alkyl halides is 1. The Morgan fingerprint density at radius 3 is 2.77 bits per heavy atom. The molecule has 70 valence electrons. The van der Waals surface area contributed by atoms with Gasteiger partial charge in [0.2, 0.25) is 0 Å². The van der Waals surface area contributed by atoms with Crippen LogP contribution in [0.4, 0.5) is 0 Å². The largest absolute Gasteiger partial charge is 0.0880 e. The Morgan fingerprint density at radius 2 is 2.23 bits per heavy atom. The lowest BCUT2D eigenvalue weighted by atomic mass is 10.1. The Balaban J connectivity index is 2.89. The molecule has 0 aliphatic rings. The lowest BCUT2D eigenvalue weighted by Crippen LogP contribution is -1.81. The molecule has 0 bridgehead atoms. The first-order chi connectivity index (χ1) is 6.26. The van der Waals surface area contributed by atoms with Crippen LogP contribution >= 0.6 is 31.9 Å². The monoisotopic (exact) mass is 302 g/mol. The van der Waals surface area contributed by atoms with E-state index in [1.54, 1.807) is 0 Å². The van der Waals surface area contributed by atoms with Crippen LogP contribution in [0.15, 0.2) is 34.3 Å². The van der Waals surface area contributed by atoms with Gasteiger partial charge in [-0.2, -0.15) is 0 Å². The lowest BCUT2D eigenvalue weighted by Gasteiger charge is -1.99. The molecular formula is C11H12Br2. The topological polar surface area (TPSA) is 0 Å². The van der Waals surface area contributed by atoms with E-state index in [4.69, 9.17) is 0 Å². The van der Waals surface area contributed by atoms with Crippen molar-refractivity contribution in [1.82, 2.24) is 0 Å². The van der Waals surface area contributed by atoms with Crippen molar-refractivity contribution in [3.63, 3.8) is 0 Å². The minimum Gasteiger partial charge on any atom is -0.0880 e. The van der Waals surface area contributed by atoms with Crippen molar-refractivity contribution in [2.45, 2.75) is 13.3 Å². The minimum absolute atomic E-state index is 0.954. The first-order valence-electron chi connectivity index (χ1n) is 4.27. The second-order valence-electron chi connectivity index (χ2n) is 2.84. The molecule has 1 rings (SSSR count). The summed E-state index contributed by atoms with van der Waals surface area (Å²) in [6, 6.07) is 8.33. The fourth-order valence-corrected chi connectivity index (χ4v) is 2.04. The van der Waals surface area contributed by atoms with E-state index in [0.29, 0.717) is 0 Å². The van der Waals surface area contributed by atoms with Gasteiger partial charge in [0.05, 0.1) is 0 Å². The maximum atomic E-state index is 3.47. The van der Waals surface area contributed by atoms with Crippen molar-refractivity contribution in [2.24, 2.45) is 0 Å². The average Bonchev–Trinajstić information content (AvgIpc) is 2.14. The van der Waals surface area contributed by atoms with Gasteiger partial charge in [-0.05, 0) is 24.1 Å². The van der Waals surface area contributed by atoms with E-state index in [2.05, 4.69) is 63.1 Å². The van der Waals surface area contributed by atoms with Crippen molar-refractivity contribution in [1.29, 1.82) is 0 Å². The number of halogens is 2. The van der Waals surface area contributed by atoms with E-state index in [-0.39, 0.29) is 0 Å². The predicted octanol–water partition coefficient (Wildman–Crippen LogP) is 4.64. The van der Waals surface area contributed by atoms with Gasteiger partial charge in [0.25, 0.3) is 0 Å². The Labute approximate surface area is 96.3 Å². The number of benzene rings is 1. The number of hydrogen-bond donors (Lipinski definition) is 0. The van der Waals surface area contributed by atoms with Gasteiger partial charge in [-0.15, -0.1) is 0 Å². The molecule has 0 unspecified atom stereocenters. The van der Waals surface area contributed by atoms with Gasteiger partial charge in [-0.3, -0.25) is 0 Å². The van der Waals surface area contributed by atoms with Crippen LogP contribution in [-0.2, 0) is 0 Å². The second kappa shape index (κ2) is 5.61. The molecular weight excluding hydrogens is 292 g/mol. The highest BCUT2D eigenvalue weighted by Crippen LogP contribution is 2.16. The highest BCUT2D eigenvalue weighted by atomic mass is 79.9. The quantitative estimate of drug-likeness (QED) is 0.714. The van der Waals surface area contributed by atoms with Gasteiger partial charge in [-0.1, -0.05) is 62.6 Å². The molecule has 1 aromatic carbocycles. The summed E-state index contributed by atoms with van der Waals surface area (Å²) in [5, 5.41) is 0.954. The molecule has 0 fully saturated rings. The molecule has 0 spiro atoms. The molecule has 0 radical (unpaired) electrons. The summed E-state index contributed by atoms with van der Waals surface area (Å²) in [5.41, 5.74) is 2.67. The van der Waals surface area contributed by atoms with Gasteiger partial charge >= 0.3 is 0 Å². The van der Waals surface area contributed by atoms with Crippen LogP contribution in [0.3, 0.4) is 0 Å². The molecule has 1 aromatic rings. The summed E-state index contributed by atoms with van der Waals surface area (Å²) >= 11 is 6.93. The van der Waals surface area contributed by atoms with E-state index in [1.165, 1.54) is 11.1 Å². The zero-order valence-electron chi connectivity index (χ0n) is 7.56. The fourth-order valence-electron chi connectivity index (χ4n) is 1.07. The van der Waals surface area contributed by atoms with Crippen LogP contribution in [0, 0.1) is 0 Å². The smallest absolute Gasteiger partial charge is 0.0245 e. The normalized spacial score (nSPS) is 11.8. The van der Waals surface area contributed by atoms with Gasteiger partial charge < -0.3 is 0 Å². The average molecular weight is 304 g/mol. The summed E-state index contributed by atoms with van der Waals surface area (Å²) in [6.45, 7) is 2.17. The zero-order chi connectivity index (χ0) is 9.68. The van der Waals surface area contributed by atoms with Crippen molar-refractivity contribution in [3.8, 4) is 0 Å². The van der Waals surface area contributed by atoms with Crippen LogP contribution < -0.4 is 0 Å². The molecule has 2 heteroatoms. The summed E-state index contributed by atoms with van der Waals surface area (Å²) in [6.07, 6.45) is 3.32. The van der Waals surface area contributed by atoms with Crippen LogP contribution in [0.25, 0.3) is 6.08 Å². The van der Waals surface area contributed by atoms with Gasteiger partial charge in [-0.25, -0.2) is 0 Å². The van der Waals surface area contributed by atoms with Gasteiger partial charge in [0.15, 0.2) is 0 Å². The summed E-state index contributed by atoms with van der Waals surface area (Å²) in [7, 11) is 0. The summed E-state index contributed by atoms with van der Waals surface area (Å²) in [5.74, 6) is 0. The summed E-state index contributed by atoms with van der Waals surface area (Å²) < 4.78 is 1.13. The fraction of sp³-hybridized carbons (Fsp3) is 0.273. The van der Waals surface area contributed by atoms with E-state index in [0.717, 1.165) is 16.2 Å². The maximum Gasteiger partial charge on any atom is 0.0245 e. The molecule has 0 aliphatic heterocycles. The molecule has 0 atom stereocenters. The Kier molecular flexibility index (Phi) is 4.74. The first-order valence-corrected chi connectivity index (χ1v) is 6.18. The molecule has 0 nitrogen and oxygen atoms in total. The second-order valence-corrected chi connectivity index (χ2v) is 4.32. The Hall–Kier alpha value is -0.0800. The van der Waals surface area contributed by atoms with Crippen LogP contribution in [0.5, 0.6) is 0 Å². The highest BCUT2D eigenvalue weighted by molar-refractivity contribution is 9.10. The van der Waals surface area contributed by atoms with Crippen LogP contribution in [0.1, 0.15) is 18.9 Å². The highest BCUT2D eigenvalue weighted by Gasteiger charge is 1.93. The summed E-state index contributed by atoms with van der Waals surface area (Å²) in [4.78, 5) is 0. The molecule has 13 heavy (non-hydrogen) atoms. The van der Waals surface area contributed by atoms with E-state index in [9.17, 15) is 0 Å². The number of allylic oxidation sites excluding steroid dienone is 1. The Bertz CT molecular complexity index is 297. The van der Waals surface area contributed by atoms with Crippen LogP contribution in [0.2, 0.25) is 0 Å². The molecule has 0 aliphatic carbocycles. The molecule has 0 saturated carbocycles. The lowest BCUT2D eigenvalue weighted by molar-refractivity contribution is 1.12. The third-order valence-electron chi connectivity index (χ3n) is 1.85. The van der Waals surface area contributed by atoms with Crippen LogP contribution in [-0.4, -0.2) is 5.33 Å². The first kappa shape index (κ1) is 11.0. The number of hydrogen-bond acceptors (Lipinski definition) is 0. The van der Waals surface area contributed by atoms with Crippen molar-refractivity contribution in [2.75, 3.05) is 5.33 Å². The van der Waals surface area contributed by atoms with E-state index < -0.39 is 0 Å². The minimum atomic E-state index is 0.954. The van der Waals surface area contributed by atoms with Crippen molar-refractivity contribution in [3.05, 3.63) is 39.9 Å². The van der Waals surface area contributed by atoms with Crippen molar-refractivity contribution < 1.29 is 0 Å².